The Kier molecular flexibility index (Phi) is 4.32. The fraction of sp³-hybridized carbons (Fsp3) is 0.500. The molecule has 20 heavy (non-hydrogen) atoms. The van der Waals surface area contributed by atoms with Crippen LogP contribution in [0.5, 0.6) is 5.75 Å². The lowest BCUT2D eigenvalue weighted by atomic mass is 9.70. The summed E-state index contributed by atoms with van der Waals surface area (Å²) in [6.45, 7) is 6.79. The molecule has 1 atom stereocenters. The first-order chi connectivity index (χ1) is 9.45. The van der Waals surface area contributed by atoms with Gasteiger partial charge in [0.15, 0.2) is 0 Å². The van der Waals surface area contributed by atoms with Crippen molar-refractivity contribution in [2.45, 2.75) is 40.0 Å². The Labute approximate surface area is 121 Å². The quantitative estimate of drug-likeness (QED) is 0.758. The van der Waals surface area contributed by atoms with Crippen LogP contribution in [-0.2, 0) is 4.79 Å². The molecule has 0 saturated heterocycles. The molecule has 0 bridgehead atoms. The number of carbonyl (C=O) groups excluding carboxylic acids is 1. The zero-order valence-corrected chi connectivity index (χ0v) is 12.9. The van der Waals surface area contributed by atoms with E-state index in [1.54, 1.807) is 7.11 Å². The Morgan fingerprint density at radius 3 is 2.35 bits per heavy atom. The van der Waals surface area contributed by atoms with Crippen molar-refractivity contribution < 1.29 is 9.53 Å². The molecule has 0 heterocycles. The molecular formula is C18H24O2. The molecule has 0 radical (unpaired) electrons. The smallest absolute Gasteiger partial charge is 0.146 e. The zero-order chi connectivity index (χ0) is 14.8. The number of methoxy groups -OCH3 is 1. The van der Waals surface area contributed by atoms with Gasteiger partial charge in [-0.1, -0.05) is 32.9 Å². The maximum absolute atomic E-state index is 11.5. The number of hydrogen-bond donors (Lipinski definition) is 0. The summed E-state index contributed by atoms with van der Waals surface area (Å²) < 4.78 is 5.19. The summed E-state index contributed by atoms with van der Waals surface area (Å²) in [4.78, 5) is 11.5. The van der Waals surface area contributed by atoms with E-state index in [0.29, 0.717) is 5.92 Å². The zero-order valence-electron chi connectivity index (χ0n) is 12.9. The monoisotopic (exact) mass is 272 g/mol. The van der Waals surface area contributed by atoms with Crippen LogP contribution < -0.4 is 4.74 Å². The standard InChI is InChI=1S/C18H24O2/c1-18(2,3)15-7-10-17(14(11-15)12-19)13-5-8-16(20-4)9-6-13/h5-6,8-9,12,15H,7,10-11H2,1-4H3. The fourth-order valence-corrected chi connectivity index (χ4v) is 2.95. The molecule has 0 spiro atoms. The van der Waals surface area contributed by atoms with Crippen molar-refractivity contribution in [2.24, 2.45) is 11.3 Å². The first-order valence-corrected chi connectivity index (χ1v) is 7.27. The van der Waals surface area contributed by atoms with Crippen LogP contribution in [-0.4, -0.2) is 13.4 Å². The minimum absolute atomic E-state index is 0.264. The van der Waals surface area contributed by atoms with Gasteiger partial charge < -0.3 is 4.74 Å². The largest absolute Gasteiger partial charge is 0.497 e. The van der Waals surface area contributed by atoms with E-state index in [0.717, 1.165) is 42.4 Å². The first-order valence-electron chi connectivity index (χ1n) is 7.27. The van der Waals surface area contributed by atoms with Gasteiger partial charge in [0.05, 0.1) is 7.11 Å². The molecule has 0 aliphatic heterocycles. The Balaban J connectivity index is 2.29. The lowest BCUT2D eigenvalue weighted by Gasteiger charge is -2.35. The molecule has 2 rings (SSSR count). The number of aldehydes is 1. The number of benzene rings is 1. The van der Waals surface area contributed by atoms with Crippen molar-refractivity contribution in [1.82, 2.24) is 0 Å². The van der Waals surface area contributed by atoms with E-state index in [1.807, 2.05) is 12.1 Å². The van der Waals surface area contributed by atoms with Crippen molar-refractivity contribution in [3.05, 3.63) is 35.4 Å². The summed E-state index contributed by atoms with van der Waals surface area (Å²) >= 11 is 0. The molecule has 1 unspecified atom stereocenters. The van der Waals surface area contributed by atoms with Gasteiger partial charge in [-0.15, -0.1) is 0 Å². The van der Waals surface area contributed by atoms with E-state index in [2.05, 4.69) is 32.9 Å². The molecule has 1 aromatic carbocycles. The highest BCUT2D eigenvalue weighted by atomic mass is 16.5. The van der Waals surface area contributed by atoms with Crippen molar-refractivity contribution in [2.75, 3.05) is 7.11 Å². The normalized spacial score (nSPS) is 19.9. The summed E-state index contributed by atoms with van der Waals surface area (Å²) in [5.74, 6) is 1.44. The van der Waals surface area contributed by atoms with E-state index in [9.17, 15) is 4.79 Å². The van der Waals surface area contributed by atoms with E-state index in [4.69, 9.17) is 4.74 Å². The van der Waals surface area contributed by atoms with Crippen LogP contribution >= 0.6 is 0 Å². The lowest BCUT2D eigenvalue weighted by Crippen LogP contribution is -2.24. The number of allylic oxidation sites excluding steroid dienone is 2. The van der Waals surface area contributed by atoms with E-state index >= 15 is 0 Å². The topological polar surface area (TPSA) is 26.3 Å². The van der Waals surface area contributed by atoms with Gasteiger partial charge in [-0.2, -0.15) is 0 Å². The third-order valence-corrected chi connectivity index (χ3v) is 4.40. The minimum Gasteiger partial charge on any atom is -0.497 e. The molecule has 2 nitrogen and oxygen atoms in total. The van der Waals surface area contributed by atoms with Gasteiger partial charge >= 0.3 is 0 Å². The second-order valence-corrected chi connectivity index (χ2v) is 6.66. The van der Waals surface area contributed by atoms with Crippen molar-refractivity contribution in [3.8, 4) is 5.75 Å². The first kappa shape index (κ1) is 14.8. The third kappa shape index (κ3) is 3.12. The number of ether oxygens (including phenoxy) is 1. The molecule has 0 saturated carbocycles. The van der Waals surface area contributed by atoms with Gasteiger partial charge in [-0.05, 0) is 59.4 Å². The Morgan fingerprint density at radius 1 is 1.20 bits per heavy atom. The molecule has 0 amide bonds. The second-order valence-electron chi connectivity index (χ2n) is 6.66. The summed E-state index contributed by atoms with van der Waals surface area (Å²) in [7, 11) is 1.67. The lowest BCUT2D eigenvalue weighted by molar-refractivity contribution is -0.105. The summed E-state index contributed by atoms with van der Waals surface area (Å²) in [6.07, 6.45) is 4.09. The van der Waals surface area contributed by atoms with Gasteiger partial charge in [0.1, 0.15) is 12.0 Å². The summed E-state index contributed by atoms with van der Waals surface area (Å²) in [5.41, 5.74) is 3.60. The van der Waals surface area contributed by atoms with Crippen molar-refractivity contribution in [3.63, 3.8) is 0 Å². The van der Waals surface area contributed by atoms with E-state index in [-0.39, 0.29) is 5.41 Å². The Morgan fingerprint density at radius 2 is 1.85 bits per heavy atom. The highest BCUT2D eigenvalue weighted by Crippen LogP contribution is 2.42. The maximum atomic E-state index is 11.5. The van der Waals surface area contributed by atoms with Crippen LogP contribution in [0, 0.1) is 11.3 Å². The van der Waals surface area contributed by atoms with Crippen LogP contribution in [0.3, 0.4) is 0 Å². The van der Waals surface area contributed by atoms with Crippen LogP contribution in [0.2, 0.25) is 0 Å². The van der Waals surface area contributed by atoms with Gasteiger partial charge in [0.2, 0.25) is 0 Å². The van der Waals surface area contributed by atoms with Gasteiger partial charge in [-0.25, -0.2) is 0 Å². The number of hydrogen-bond acceptors (Lipinski definition) is 2. The molecule has 1 aliphatic carbocycles. The van der Waals surface area contributed by atoms with Crippen molar-refractivity contribution >= 4 is 11.9 Å². The average Bonchev–Trinajstić information content (AvgIpc) is 2.45. The third-order valence-electron chi connectivity index (χ3n) is 4.40. The SMILES string of the molecule is COc1ccc(C2=C(C=O)CC(C(C)(C)C)CC2)cc1. The maximum Gasteiger partial charge on any atom is 0.146 e. The van der Waals surface area contributed by atoms with Crippen LogP contribution in [0.1, 0.15) is 45.6 Å². The number of carbonyl (C=O) groups is 1. The molecule has 1 aromatic rings. The summed E-state index contributed by atoms with van der Waals surface area (Å²) in [6, 6.07) is 8.02. The average molecular weight is 272 g/mol. The van der Waals surface area contributed by atoms with E-state index in [1.165, 1.54) is 5.57 Å². The molecule has 0 N–H and O–H groups in total. The molecule has 0 fully saturated rings. The molecule has 108 valence electrons. The molecule has 0 aromatic heterocycles. The molecule has 2 heteroatoms. The van der Waals surface area contributed by atoms with Crippen molar-refractivity contribution in [1.29, 1.82) is 0 Å². The van der Waals surface area contributed by atoms with Gasteiger partial charge in [0, 0.05) is 0 Å². The molecule has 1 aliphatic rings. The predicted molar refractivity (Wildman–Crippen MR) is 82.8 cm³/mol. The molecular weight excluding hydrogens is 248 g/mol. The Bertz CT molecular complexity index is 503. The minimum atomic E-state index is 0.264. The van der Waals surface area contributed by atoms with Crippen LogP contribution in [0.15, 0.2) is 29.8 Å². The van der Waals surface area contributed by atoms with Gasteiger partial charge in [0.25, 0.3) is 0 Å². The van der Waals surface area contributed by atoms with Crippen LogP contribution in [0.25, 0.3) is 5.57 Å². The summed E-state index contributed by atoms with van der Waals surface area (Å²) in [5, 5.41) is 0. The van der Waals surface area contributed by atoms with E-state index < -0.39 is 0 Å². The fourth-order valence-electron chi connectivity index (χ4n) is 2.95. The Hall–Kier alpha value is -1.57. The predicted octanol–water partition coefficient (Wildman–Crippen LogP) is 4.49. The second kappa shape index (κ2) is 5.82. The van der Waals surface area contributed by atoms with Crippen LogP contribution in [0.4, 0.5) is 0 Å². The highest BCUT2D eigenvalue weighted by Gasteiger charge is 2.30. The van der Waals surface area contributed by atoms with Gasteiger partial charge in [-0.3, -0.25) is 4.79 Å². The number of rotatable bonds is 3. The highest BCUT2D eigenvalue weighted by molar-refractivity contribution is 5.88.